The molecule has 2 unspecified atom stereocenters. The molecule has 1 amide bonds. The Hall–Kier alpha value is -2.19. The van der Waals surface area contributed by atoms with Gasteiger partial charge in [-0.3, -0.25) is 9.69 Å². The molecule has 5 nitrogen and oxygen atoms in total. The number of nitrogens with zero attached hydrogens (tertiary/aromatic N) is 2. The lowest BCUT2D eigenvalue weighted by molar-refractivity contribution is -0.119. The van der Waals surface area contributed by atoms with Crippen molar-refractivity contribution in [1.29, 1.82) is 5.26 Å². The minimum absolute atomic E-state index is 0.0567. The van der Waals surface area contributed by atoms with Gasteiger partial charge in [-0.25, -0.2) is 0 Å². The lowest BCUT2D eigenvalue weighted by atomic mass is 10.0. The summed E-state index contributed by atoms with van der Waals surface area (Å²) in [7, 11) is 3.67. The summed E-state index contributed by atoms with van der Waals surface area (Å²) >= 11 is 0. The Morgan fingerprint density at radius 1 is 1.48 bits per heavy atom. The first kappa shape index (κ1) is 15.2. The number of carbonyl (C=O) groups excluding carboxylic acids is 2. The number of likely N-dealkylation sites (N-methyl/N-ethyl adjacent to an activating group) is 1. The smallest absolute Gasteiger partial charge is 0.241 e. The van der Waals surface area contributed by atoms with Crippen LogP contribution in [0.5, 0.6) is 0 Å². The number of rotatable bonds is 4. The summed E-state index contributed by atoms with van der Waals surface area (Å²) in [5.74, 6) is -0.174. The van der Waals surface area contributed by atoms with E-state index < -0.39 is 0 Å². The van der Waals surface area contributed by atoms with Gasteiger partial charge in [-0.1, -0.05) is 0 Å². The normalized spacial score (nSPS) is 18.0. The quantitative estimate of drug-likeness (QED) is 0.848. The van der Waals surface area contributed by atoms with Crippen molar-refractivity contribution in [1.82, 2.24) is 4.90 Å². The van der Waals surface area contributed by atoms with E-state index in [9.17, 15) is 14.9 Å². The highest BCUT2D eigenvalue weighted by Gasteiger charge is 2.25. The number of amides is 1. The van der Waals surface area contributed by atoms with E-state index in [0.717, 1.165) is 17.4 Å². The molecule has 0 aliphatic heterocycles. The highest BCUT2D eigenvalue weighted by molar-refractivity contribution is 5.94. The second kappa shape index (κ2) is 6.06. The zero-order valence-electron chi connectivity index (χ0n) is 12.5. The fraction of sp³-hybridized carbons (Fsp3) is 0.438. The molecule has 0 radical (unpaired) electrons. The Kier molecular flexibility index (Phi) is 4.39. The Balaban J connectivity index is 2.26. The van der Waals surface area contributed by atoms with Crippen molar-refractivity contribution >= 4 is 17.9 Å². The maximum absolute atomic E-state index is 12.1. The van der Waals surface area contributed by atoms with E-state index in [1.165, 1.54) is 0 Å². The second-order valence-electron chi connectivity index (χ2n) is 5.71. The van der Waals surface area contributed by atoms with Crippen molar-refractivity contribution in [3.63, 3.8) is 0 Å². The van der Waals surface area contributed by atoms with Crippen molar-refractivity contribution in [2.24, 2.45) is 5.92 Å². The number of carbonyl (C=O) groups is 2. The molecule has 1 N–H and O–H groups in total. The van der Waals surface area contributed by atoms with E-state index in [4.69, 9.17) is 0 Å². The number of anilines is 1. The van der Waals surface area contributed by atoms with Crippen LogP contribution < -0.4 is 5.32 Å². The molecule has 0 saturated carbocycles. The van der Waals surface area contributed by atoms with Gasteiger partial charge in [-0.05, 0) is 57.1 Å². The summed E-state index contributed by atoms with van der Waals surface area (Å²) in [6.07, 6.45) is 2.19. The third-order valence-electron chi connectivity index (χ3n) is 4.03. The van der Waals surface area contributed by atoms with Crippen molar-refractivity contribution < 1.29 is 9.59 Å². The molecule has 5 heteroatoms. The Morgan fingerprint density at radius 2 is 2.19 bits per heavy atom. The molecule has 1 aromatic carbocycles. The summed E-state index contributed by atoms with van der Waals surface area (Å²) in [4.78, 5) is 24.8. The van der Waals surface area contributed by atoms with Crippen LogP contribution in [-0.4, -0.2) is 37.2 Å². The summed E-state index contributed by atoms with van der Waals surface area (Å²) < 4.78 is 0. The number of nitrogens with one attached hydrogen (secondary N) is 1. The van der Waals surface area contributed by atoms with E-state index in [2.05, 4.69) is 11.4 Å². The van der Waals surface area contributed by atoms with Crippen LogP contribution in [-0.2, 0) is 22.4 Å². The zero-order chi connectivity index (χ0) is 15.6. The molecule has 0 saturated heterocycles. The van der Waals surface area contributed by atoms with Gasteiger partial charge in [0.25, 0.3) is 0 Å². The molecule has 110 valence electrons. The number of fused-ring (bicyclic) bond motifs is 1. The molecule has 0 heterocycles. The third kappa shape index (κ3) is 3.11. The maximum Gasteiger partial charge on any atom is 0.241 e. The predicted molar refractivity (Wildman–Crippen MR) is 79.9 cm³/mol. The average Bonchev–Trinajstić information content (AvgIpc) is 2.88. The van der Waals surface area contributed by atoms with Crippen molar-refractivity contribution in [2.45, 2.75) is 25.8 Å². The third-order valence-corrected chi connectivity index (χ3v) is 4.03. The molecular formula is C16H19N3O2. The second-order valence-corrected chi connectivity index (χ2v) is 5.71. The number of aldehydes is 1. The van der Waals surface area contributed by atoms with Gasteiger partial charge in [0, 0.05) is 11.6 Å². The lowest BCUT2D eigenvalue weighted by Gasteiger charge is -2.19. The number of hydrogen-bond acceptors (Lipinski definition) is 4. The van der Waals surface area contributed by atoms with Crippen LogP contribution in [0.4, 0.5) is 5.69 Å². The van der Waals surface area contributed by atoms with E-state index in [0.29, 0.717) is 24.1 Å². The van der Waals surface area contributed by atoms with Crippen molar-refractivity contribution in [3.8, 4) is 6.07 Å². The number of hydrogen-bond donors (Lipinski definition) is 1. The topological polar surface area (TPSA) is 73.2 Å². The largest absolute Gasteiger partial charge is 0.325 e. The Labute approximate surface area is 124 Å². The minimum atomic E-state index is -0.258. The van der Waals surface area contributed by atoms with Gasteiger partial charge in [0.1, 0.15) is 6.29 Å². The average molecular weight is 285 g/mol. The molecule has 1 aromatic rings. The summed E-state index contributed by atoms with van der Waals surface area (Å²) in [5, 5.41) is 12.1. The highest BCUT2D eigenvalue weighted by atomic mass is 16.2. The van der Waals surface area contributed by atoms with Gasteiger partial charge >= 0.3 is 0 Å². The molecule has 0 fully saturated rings. The standard InChI is InChI=1S/C16H19N3O2/c1-10(19(2)3)16(21)18-14-6-12-4-11(9-20)5-15(12)13(7-14)8-17/h6-7,9-11H,4-5H2,1-3H3,(H,18,21). The summed E-state index contributed by atoms with van der Waals surface area (Å²) in [6.45, 7) is 1.82. The lowest BCUT2D eigenvalue weighted by Crippen LogP contribution is -2.37. The fourth-order valence-corrected chi connectivity index (χ4v) is 2.52. The van der Waals surface area contributed by atoms with E-state index in [-0.39, 0.29) is 17.9 Å². The molecule has 2 atom stereocenters. The summed E-state index contributed by atoms with van der Waals surface area (Å²) in [6, 6.07) is 5.46. The Morgan fingerprint density at radius 3 is 2.76 bits per heavy atom. The number of nitriles is 1. The maximum atomic E-state index is 12.1. The molecule has 1 aliphatic rings. The van der Waals surface area contributed by atoms with E-state index in [1.807, 2.05) is 32.0 Å². The molecular weight excluding hydrogens is 266 g/mol. The van der Waals surface area contributed by atoms with Gasteiger partial charge in [0.15, 0.2) is 0 Å². The van der Waals surface area contributed by atoms with Crippen LogP contribution in [0.3, 0.4) is 0 Å². The predicted octanol–water partition coefficient (Wildman–Crippen LogP) is 1.36. The number of benzene rings is 1. The molecule has 0 spiro atoms. The Bertz CT molecular complexity index is 617. The van der Waals surface area contributed by atoms with Crippen LogP contribution in [0.2, 0.25) is 0 Å². The fourth-order valence-electron chi connectivity index (χ4n) is 2.52. The van der Waals surface area contributed by atoms with Gasteiger partial charge < -0.3 is 10.1 Å². The molecule has 21 heavy (non-hydrogen) atoms. The highest BCUT2D eigenvalue weighted by Crippen LogP contribution is 2.31. The first-order valence-corrected chi connectivity index (χ1v) is 6.94. The molecule has 0 aromatic heterocycles. The van der Waals surface area contributed by atoms with Crippen molar-refractivity contribution in [2.75, 3.05) is 19.4 Å². The molecule has 2 rings (SSSR count). The monoisotopic (exact) mass is 285 g/mol. The van der Waals surface area contributed by atoms with Gasteiger partial charge in [-0.15, -0.1) is 0 Å². The van der Waals surface area contributed by atoms with Crippen LogP contribution in [0, 0.1) is 17.2 Å². The van der Waals surface area contributed by atoms with Crippen molar-refractivity contribution in [3.05, 3.63) is 28.8 Å². The first-order valence-electron chi connectivity index (χ1n) is 6.94. The van der Waals surface area contributed by atoms with Crippen LogP contribution >= 0.6 is 0 Å². The molecule has 1 aliphatic carbocycles. The van der Waals surface area contributed by atoms with Gasteiger partial charge in [-0.2, -0.15) is 5.26 Å². The van der Waals surface area contributed by atoms with Crippen LogP contribution in [0.25, 0.3) is 0 Å². The zero-order valence-corrected chi connectivity index (χ0v) is 12.5. The summed E-state index contributed by atoms with van der Waals surface area (Å²) in [5.41, 5.74) is 3.09. The first-order chi connectivity index (χ1) is 9.96. The van der Waals surface area contributed by atoms with E-state index in [1.54, 1.807) is 6.07 Å². The van der Waals surface area contributed by atoms with E-state index >= 15 is 0 Å². The van der Waals surface area contributed by atoms with Crippen LogP contribution in [0.15, 0.2) is 12.1 Å². The SMILES string of the molecule is CC(C(=O)Nc1cc(C#N)c2c(c1)CC(C=O)C2)N(C)C. The van der Waals surface area contributed by atoms with Crippen LogP contribution in [0.1, 0.15) is 23.6 Å². The van der Waals surface area contributed by atoms with Gasteiger partial charge in [0.05, 0.1) is 17.7 Å². The molecule has 0 bridgehead atoms. The minimum Gasteiger partial charge on any atom is -0.325 e. The van der Waals surface area contributed by atoms with Gasteiger partial charge in [0.2, 0.25) is 5.91 Å².